The highest BCUT2D eigenvalue weighted by molar-refractivity contribution is 5.99. The van der Waals surface area contributed by atoms with Crippen LogP contribution < -0.4 is 9.47 Å². The van der Waals surface area contributed by atoms with E-state index in [-0.39, 0.29) is 17.1 Å². The molecule has 1 saturated heterocycles. The van der Waals surface area contributed by atoms with Crippen LogP contribution in [0.5, 0.6) is 11.5 Å². The van der Waals surface area contributed by atoms with E-state index in [1.54, 1.807) is 35.2 Å². The van der Waals surface area contributed by atoms with E-state index in [2.05, 4.69) is 0 Å². The summed E-state index contributed by atoms with van der Waals surface area (Å²) in [5.41, 5.74) is -0.212. The molecule has 1 fully saturated rings. The van der Waals surface area contributed by atoms with Crippen LogP contribution in [-0.2, 0) is 0 Å². The number of piperidine rings is 1. The molecule has 0 unspecified atom stereocenters. The highest BCUT2D eigenvalue weighted by Crippen LogP contribution is 2.36. The van der Waals surface area contributed by atoms with Gasteiger partial charge in [0.25, 0.3) is 11.6 Å². The molecule has 0 N–H and O–H groups in total. The lowest BCUT2D eigenvalue weighted by atomic mass is 10.1. The third-order valence-electron chi connectivity index (χ3n) is 4.56. The number of esters is 1. The maximum Gasteiger partial charge on any atom is 0.343 e. The number of nitro groups is 1. The van der Waals surface area contributed by atoms with Crippen LogP contribution in [0, 0.1) is 10.1 Å². The van der Waals surface area contributed by atoms with Crippen molar-refractivity contribution in [2.45, 2.75) is 19.3 Å². The molecule has 2 aromatic rings. The zero-order chi connectivity index (χ0) is 20.1. The van der Waals surface area contributed by atoms with E-state index < -0.39 is 22.5 Å². The van der Waals surface area contributed by atoms with Gasteiger partial charge in [0.2, 0.25) is 0 Å². The Hall–Kier alpha value is -3.42. The first-order chi connectivity index (χ1) is 13.5. The summed E-state index contributed by atoms with van der Waals surface area (Å²) in [5.74, 6) is -1.14. The van der Waals surface area contributed by atoms with Crippen molar-refractivity contribution >= 4 is 17.6 Å². The number of hydrogen-bond acceptors (Lipinski definition) is 6. The molecule has 1 aliphatic heterocycles. The second-order valence-corrected chi connectivity index (χ2v) is 6.39. The fraction of sp³-hybridized carbons (Fsp3) is 0.300. The van der Waals surface area contributed by atoms with Gasteiger partial charge in [-0.15, -0.1) is 0 Å². The quantitative estimate of drug-likeness (QED) is 0.339. The molecule has 1 aliphatic rings. The number of ether oxygens (including phenoxy) is 2. The largest absolute Gasteiger partial charge is 0.493 e. The molecule has 2 aromatic carbocycles. The third kappa shape index (κ3) is 4.11. The number of benzene rings is 2. The fourth-order valence-corrected chi connectivity index (χ4v) is 3.11. The lowest BCUT2D eigenvalue weighted by Gasteiger charge is -2.26. The van der Waals surface area contributed by atoms with Crippen molar-refractivity contribution in [1.29, 1.82) is 0 Å². The smallest absolute Gasteiger partial charge is 0.343 e. The molecule has 0 saturated carbocycles. The highest BCUT2D eigenvalue weighted by Gasteiger charge is 2.29. The van der Waals surface area contributed by atoms with Gasteiger partial charge in [-0.05, 0) is 31.4 Å². The van der Waals surface area contributed by atoms with Crippen LogP contribution in [0.3, 0.4) is 0 Å². The highest BCUT2D eigenvalue weighted by atomic mass is 16.6. The minimum Gasteiger partial charge on any atom is -0.493 e. The van der Waals surface area contributed by atoms with E-state index in [4.69, 9.17) is 9.47 Å². The SMILES string of the molecule is COc1cc(C(=O)N2CCCCC2)c([N+](=O)[O-])cc1OC(=O)c1ccccc1. The van der Waals surface area contributed by atoms with Gasteiger partial charge in [0.05, 0.1) is 23.7 Å². The molecule has 0 atom stereocenters. The summed E-state index contributed by atoms with van der Waals surface area (Å²) < 4.78 is 10.5. The normalized spacial score (nSPS) is 13.7. The predicted molar refractivity (Wildman–Crippen MR) is 101 cm³/mol. The summed E-state index contributed by atoms with van der Waals surface area (Å²) in [7, 11) is 1.34. The number of carbonyl (C=O) groups excluding carboxylic acids is 2. The second-order valence-electron chi connectivity index (χ2n) is 6.39. The number of nitro benzene ring substituents is 1. The molecule has 0 radical (unpaired) electrons. The van der Waals surface area contributed by atoms with Crippen LogP contribution in [0.25, 0.3) is 0 Å². The van der Waals surface area contributed by atoms with Crippen LogP contribution >= 0.6 is 0 Å². The zero-order valence-electron chi connectivity index (χ0n) is 15.4. The van der Waals surface area contributed by atoms with Gasteiger partial charge < -0.3 is 14.4 Å². The van der Waals surface area contributed by atoms with Crippen molar-refractivity contribution in [1.82, 2.24) is 4.90 Å². The van der Waals surface area contributed by atoms with E-state index in [1.807, 2.05) is 0 Å². The Kier molecular flexibility index (Phi) is 5.88. The van der Waals surface area contributed by atoms with E-state index in [0.717, 1.165) is 25.3 Å². The van der Waals surface area contributed by atoms with Crippen molar-refractivity contribution in [3.05, 3.63) is 63.7 Å². The third-order valence-corrected chi connectivity index (χ3v) is 4.56. The first kappa shape index (κ1) is 19.3. The Bertz CT molecular complexity index is 891. The Morgan fingerprint density at radius 3 is 2.32 bits per heavy atom. The van der Waals surface area contributed by atoms with Crippen LogP contribution in [-0.4, -0.2) is 41.9 Å². The van der Waals surface area contributed by atoms with E-state index in [9.17, 15) is 19.7 Å². The average molecular weight is 384 g/mol. The minimum atomic E-state index is -0.677. The van der Waals surface area contributed by atoms with Crippen LogP contribution in [0.1, 0.15) is 40.0 Å². The zero-order valence-corrected chi connectivity index (χ0v) is 15.4. The molecule has 8 nitrogen and oxygen atoms in total. The molecular weight excluding hydrogens is 364 g/mol. The van der Waals surface area contributed by atoms with Crippen molar-refractivity contribution in [2.75, 3.05) is 20.2 Å². The lowest BCUT2D eigenvalue weighted by Crippen LogP contribution is -2.36. The summed E-state index contributed by atoms with van der Waals surface area (Å²) in [4.78, 5) is 37.6. The number of methoxy groups -OCH3 is 1. The van der Waals surface area contributed by atoms with Gasteiger partial charge in [0.15, 0.2) is 11.5 Å². The van der Waals surface area contributed by atoms with E-state index in [1.165, 1.54) is 13.2 Å². The Balaban J connectivity index is 1.96. The predicted octanol–water partition coefficient (Wildman–Crippen LogP) is 3.45. The monoisotopic (exact) mass is 384 g/mol. The second kappa shape index (κ2) is 8.51. The molecule has 1 heterocycles. The maximum atomic E-state index is 12.8. The van der Waals surface area contributed by atoms with Gasteiger partial charge in [0, 0.05) is 19.2 Å². The summed E-state index contributed by atoms with van der Waals surface area (Å²) in [5, 5.41) is 11.6. The first-order valence-corrected chi connectivity index (χ1v) is 8.94. The molecule has 8 heteroatoms. The molecule has 0 aromatic heterocycles. The van der Waals surface area contributed by atoms with Crippen molar-refractivity contribution in [3.8, 4) is 11.5 Å². The first-order valence-electron chi connectivity index (χ1n) is 8.94. The van der Waals surface area contributed by atoms with Crippen LogP contribution in [0.15, 0.2) is 42.5 Å². The van der Waals surface area contributed by atoms with Gasteiger partial charge in [-0.2, -0.15) is 0 Å². The van der Waals surface area contributed by atoms with Gasteiger partial charge in [-0.3, -0.25) is 14.9 Å². The van der Waals surface area contributed by atoms with Gasteiger partial charge in [-0.1, -0.05) is 18.2 Å². The summed E-state index contributed by atoms with van der Waals surface area (Å²) in [6.45, 7) is 1.12. The van der Waals surface area contributed by atoms with Crippen molar-refractivity contribution in [2.24, 2.45) is 0 Å². The number of likely N-dealkylation sites (tertiary alicyclic amines) is 1. The summed E-state index contributed by atoms with van der Waals surface area (Å²) >= 11 is 0. The molecule has 1 amide bonds. The standard InChI is InChI=1S/C20H20N2O6/c1-27-17-12-15(19(23)21-10-6-3-7-11-21)16(22(25)26)13-18(17)28-20(24)14-8-4-2-5-9-14/h2,4-5,8-9,12-13H,3,6-7,10-11H2,1H3. The lowest BCUT2D eigenvalue weighted by molar-refractivity contribution is -0.385. The Morgan fingerprint density at radius 1 is 1.04 bits per heavy atom. The van der Waals surface area contributed by atoms with E-state index in [0.29, 0.717) is 18.7 Å². The van der Waals surface area contributed by atoms with Crippen LogP contribution in [0.2, 0.25) is 0 Å². The number of amides is 1. The average Bonchev–Trinajstić information content (AvgIpc) is 2.74. The number of rotatable bonds is 5. The molecule has 0 aliphatic carbocycles. The van der Waals surface area contributed by atoms with Crippen molar-refractivity contribution < 1.29 is 24.0 Å². The van der Waals surface area contributed by atoms with E-state index >= 15 is 0 Å². The van der Waals surface area contributed by atoms with Crippen LogP contribution in [0.4, 0.5) is 5.69 Å². The number of nitrogens with zero attached hydrogens (tertiary/aromatic N) is 2. The Labute approximate surface area is 161 Å². The molecule has 0 spiro atoms. The molecule has 146 valence electrons. The topological polar surface area (TPSA) is 99.0 Å². The fourth-order valence-electron chi connectivity index (χ4n) is 3.11. The molecule has 28 heavy (non-hydrogen) atoms. The molecule has 0 bridgehead atoms. The summed E-state index contributed by atoms with van der Waals surface area (Å²) in [6.07, 6.45) is 2.76. The number of hydrogen-bond donors (Lipinski definition) is 0. The molecular formula is C20H20N2O6. The minimum absolute atomic E-state index is 0.0789. The van der Waals surface area contributed by atoms with Gasteiger partial charge in [-0.25, -0.2) is 4.79 Å². The summed E-state index contributed by atoms with van der Waals surface area (Å²) in [6, 6.07) is 10.6. The van der Waals surface area contributed by atoms with Crippen molar-refractivity contribution in [3.63, 3.8) is 0 Å². The maximum absolute atomic E-state index is 12.8. The molecule has 3 rings (SSSR count). The van der Waals surface area contributed by atoms with Gasteiger partial charge in [0.1, 0.15) is 5.56 Å². The van der Waals surface area contributed by atoms with Gasteiger partial charge >= 0.3 is 5.97 Å². The number of carbonyl (C=O) groups is 2. The Morgan fingerprint density at radius 2 is 1.71 bits per heavy atom.